The van der Waals surface area contributed by atoms with Crippen LogP contribution in [0.3, 0.4) is 0 Å². The van der Waals surface area contributed by atoms with E-state index in [1.165, 1.54) is 0 Å². The summed E-state index contributed by atoms with van der Waals surface area (Å²) in [6, 6.07) is 1.95. The molecule has 0 aromatic carbocycles. The van der Waals surface area contributed by atoms with Gasteiger partial charge in [-0.25, -0.2) is 0 Å². The minimum absolute atomic E-state index is 0.237. The van der Waals surface area contributed by atoms with Crippen molar-refractivity contribution in [2.45, 2.75) is 23.2 Å². The van der Waals surface area contributed by atoms with Crippen LogP contribution in [-0.2, 0) is 0 Å². The van der Waals surface area contributed by atoms with Crippen molar-refractivity contribution in [2.75, 3.05) is 13.1 Å². The molecule has 2 N–H and O–H groups in total. The van der Waals surface area contributed by atoms with Crippen LogP contribution in [0.15, 0.2) is 21.6 Å². The number of aliphatic hydroxyl groups is 1. The molecule has 1 aromatic heterocycles. The van der Waals surface area contributed by atoms with Crippen LogP contribution >= 0.6 is 11.8 Å². The van der Waals surface area contributed by atoms with E-state index in [0.29, 0.717) is 6.54 Å². The number of aryl methyl sites for hydroxylation is 1. The highest BCUT2D eigenvalue weighted by molar-refractivity contribution is 8.00. The maximum atomic E-state index is 9.56. The summed E-state index contributed by atoms with van der Waals surface area (Å²) in [4.78, 5) is 1.13. The molecule has 13 heavy (non-hydrogen) atoms. The van der Waals surface area contributed by atoms with Crippen molar-refractivity contribution in [2.24, 2.45) is 0 Å². The number of nitrogens with one attached hydrogen (secondary N) is 1. The molecular formula is C9H13NO2S. The topological polar surface area (TPSA) is 45.4 Å². The number of thioether (sulfide) groups is 1. The van der Waals surface area contributed by atoms with Gasteiger partial charge in [-0.1, -0.05) is 0 Å². The molecule has 2 heterocycles. The summed E-state index contributed by atoms with van der Waals surface area (Å²) in [5.74, 6) is 0.934. The van der Waals surface area contributed by atoms with E-state index in [1.807, 2.05) is 13.0 Å². The van der Waals surface area contributed by atoms with Gasteiger partial charge in [0.1, 0.15) is 5.76 Å². The molecule has 1 aliphatic heterocycles. The summed E-state index contributed by atoms with van der Waals surface area (Å²) < 4.78 is 5.19. The fourth-order valence-corrected chi connectivity index (χ4v) is 2.55. The molecule has 0 amide bonds. The maximum absolute atomic E-state index is 9.56. The lowest BCUT2D eigenvalue weighted by Gasteiger charge is -2.11. The third-order valence-electron chi connectivity index (χ3n) is 2.22. The van der Waals surface area contributed by atoms with E-state index in [-0.39, 0.29) is 11.4 Å². The zero-order chi connectivity index (χ0) is 9.26. The number of rotatable bonds is 2. The second kappa shape index (κ2) is 3.74. The van der Waals surface area contributed by atoms with Gasteiger partial charge in [0.15, 0.2) is 0 Å². The monoisotopic (exact) mass is 199 g/mol. The fraction of sp³-hybridized carbons (Fsp3) is 0.556. The SMILES string of the molecule is Cc1occc1SC1CNCC1O. The van der Waals surface area contributed by atoms with Crippen molar-refractivity contribution in [3.05, 3.63) is 18.1 Å². The summed E-state index contributed by atoms with van der Waals surface area (Å²) in [5.41, 5.74) is 0. The standard InChI is InChI=1S/C9H13NO2S/c1-6-8(2-3-12-6)13-9-5-10-4-7(9)11/h2-3,7,9-11H,4-5H2,1H3. The molecule has 0 radical (unpaired) electrons. The van der Waals surface area contributed by atoms with Crippen molar-refractivity contribution in [3.8, 4) is 0 Å². The molecule has 1 aliphatic rings. The van der Waals surface area contributed by atoms with Crippen molar-refractivity contribution in [1.29, 1.82) is 0 Å². The van der Waals surface area contributed by atoms with E-state index < -0.39 is 0 Å². The molecule has 3 nitrogen and oxygen atoms in total. The van der Waals surface area contributed by atoms with Crippen LogP contribution in [0.5, 0.6) is 0 Å². The van der Waals surface area contributed by atoms with Gasteiger partial charge in [-0.2, -0.15) is 0 Å². The summed E-state index contributed by atoms with van der Waals surface area (Å²) >= 11 is 1.69. The Labute approximate surface area is 81.5 Å². The molecule has 0 bridgehead atoms. The highest BCUT2D eigenvalue weighted by Gasteiger charge is 2.26. The zero-order valence-corrected chi connectivity index (χ0v) is 8.30. The molecule has 0 spiro atoms. The number of β-amino-alcohol motifs (C(OH)–C–C–N with tert-alkyl or cyclic N) is 1. The smallest absolute Gasteiger partial charge is 0.114 e. The Bertz CT molecular complexity index is 287. The first kappa shape index (κ1) is 9.12. The summed E-state index contributed by atoms with van der Waals surface area (Å²) in [5, 5.41) is 13.0. The second-order valence-electron chi connectivity index (χ2n) is 3.22. The number of furan rings is 1. The van der Waals surface area contributed by atoms with Gasteiger partial charge in [0.25, 0.3) is 0 Å². The molecule has 1 fully saturated rings. The average Bonchev–Trinajstić information content (AvgIpc) is 2.65. The maximum Gasteiger partial charge on any atom is 0.114 e. The minimum Gasteiger partial charge on any atom is -0.468 e. The van der Waals surface area contributed by atoms with E-state index in [2.05, 4.69) is 5.32 Å². The number of aliphatic hydroxyl groups excluding tert-OH is 1. The molecule has 2 unspecified atom stereocenters. The molecule has 2 rings (SSSR count). The van der Waals surface area contributed by atoms with Gasteiger partial charge in [0.05, 0.1) is 12.4 Å². The minimum atomic E-state index is -0.237. The Kier molecular flexibility index (Phi) is 2.62. The van der Waals surface area contributed by atoms with E-state index in [1.54, 1.807) is 18.0 Å². The van der Waals surface area contributed by atoms with Gasteiger partial charge in [0, 0.05) is 23.2 Å². The number of hydrogen-bond donors (Lipinski definition) is 2. The molecule has 0 saturated carbocycles. The highest BCUT2D eigenvalue weighted by Crippen LogP contribution is 2.30. The lowest BCUT2D eigenvalue weighted by Crippen LogP contribution is -2.19. The average molecular weight is 199 g/mol. The van der Waals surface area contributed by atoms with Crippen LogP contribution < -0.4 is 5.32 Å². The molecule has 72 valence electrons. The van der Waals surface area contributed by atoms with Gasteiger partial charge in [-0.15, -0.1) is 11.8 Å². The van der Waals surface area contributed by atoms with Crippen LogP contribution in [0, 0.1) is 6.92 Å². The van der Waals surface area contributed by atoms with Gasteiger partial charge in [0.2, 0.25) is 0 Å². The molecular weight excluding hydrogens is 186 g/mol. The Balaban J connectivity index is 2.01. The van der Waals surface area contributed by atoms with E-state index in [9.17, 15) is 5.11 Å². The van der Waals surface area contributed by atoms with E-state index >= 15 is 0 Å². The lowest BCUT2D eigenvalue weighted by atomic mass is 10.3. The largest absolute Gasteiger partial charge is 0.468 e. The first-order chi connectivity index (χ1) is 6.27. The molecule has 1 aromatic rings. The van der Waals surface area contributed by atoms with Crippen molar-refractivity contribution in [1.82, 2.24) is 5.32 Å². The van der Waals surface area contributed by atoms with Crippen LogP contribution in [0.1, 0.15) is 5.76 Å². The van der Waals surface area contributed by atoms with E-state index in [0.717, 1.165) is 17.2 Å². The third kappa shape index (κ3) is 1.90. The van der Waals surface area contributed by atoms with Crippen molar-refractivity contribution >= 4 is 11.8 Å². The zero-order valence-electron chi connectivity index (χ0n) is 7.49. The van der Waals surface area contributed by atoms with Crippen molar-refractivity contribution < 1.29 is 9.52 Å². The van der Waals surface area contributed by atoms with Gasteiger partial charge < -0.3 is 14.8 Å². The van der Waals surface area contributed by atoms with Crippen LogP contribution in [0.25, 0.3) is 0 Å². The van der Waals surface area contributed by atoms with Gasteiger partial charge in [-0.3, -0.25) is 0 Å². The Morgan fingerprint density at radius 1 is 1.62 bits per heavy atom. The van der Waals surface area contributed by atoms with Crippen LogP contribution in [0.2, 0.25) is 0 Å². The normalized spacial score (nSPS) is 28.2. The first-order valence-corrected chi connectivity index (χ1v) is 5.25. The highest BCUT2D eigenvalue weighted by atomic mass is 32.2. The first-order valence-electron chi connectivity index (χ1n) is 4.37. The fourth-order valence-electron chi connectivity index (χ4n) is 1.42. The quantitative estimate of drug-likeness (QED) is 0.746. The molecule has 4 heteroatoms. The van der Waals surface area contributed by atoms with Gasteiger partial charge >= 0.3 is 0 Å². The second-order valence-corrected chi connectivity index (χ2v) is 4.50. The predicted molar refractivity (Wildman–Crippen MR) is 52.0 cm³/mol. The summed E-state index contributed by atoms with van der Waals surface area (Å²) in [6.07, 6.45) is 1.45. The Morgan fingerprint density at radius 2 is 2.46 bits per heavy atom. The Hall–Kier alpha value is -0.450. The van der Waals surface area contributed by atoms with Crippen molar-refractivity contribution in [3.63, 3.8) is 0 Å². The summed E-state index contributed by atoms with van der Waals surface area (Å²) in [7, 11) is 0. The Morgan fingerprint density at radius 3 is 3.00 bits per heavy atom. The van der Waals surface area contributed by atoms with E-state index in [4.69, 9.17) is 4.42 Å². The molecule has 1 saturated heterocycles. The van der Waals surface area contributed by atoms with Crippen LogP contribution in [0.4, 0.5) is 0 Å². The molecule has 2 atom stereocenters. The van der Waals surface area contributed by atoms with Crippen LogP contribution in [-0.4, -0.2) is 29.5 Å². The lowest BCUT2D eigenvalue weighted by molar-refractivity contribution is 0.201. The third-order valence-corrected chi connectivity index (χ3v) is 3.68. The van der Waals surface area contributed by atoms with Gasteiger partial charge in [-0.05, 0) is 13.0 Å². The predicted octanol–water partition coefficient (Wildman–Crippen LogP) is 1.01. The summed E-state index contributed by atoms with van der Waals surface area (Å²) in [6.45, 7) is 3.52. The number of hydrogen-bond acceptors (Lipinski definition) is 4. The molecule has 0 aliphatic carbocycles.